The van der Waals surface area contributed by atoms with Crippen molar-refractivity contribution < 1.29 is 4.74 Å². The summed E-state index contributed by atoms with van der Waals surface area (Å²) in [5.74, 6) is 1.46. The topological polar surface area (TPSA) is 50.3 Å². The van der Waals surface area contributed by atoms with Crippen LogP contribution in [-0.2, 0) is 0 Å². The SMILES string of the molecule is COc1cncc(N(C)C2CCCNCC2)n1. The fourth-order valence-corrected chi connectivity index (χ4v) is 2.18. The van der Waals surface area contributed by atoms with E-state index < -0.39 is 0 Å². The summed E-state index contributed by atoms with van der Waals surface area (Å²) in [6, 6.07) is 0.534. The van der Waals surface area contributed by atoms with Crippen LogP contribution in [0.2, 0.25) is 0 Å². The maximum Gasteiger partial charge on any atom is 0.233 e. The molecule has 0 saturated carbocycles. The van der Waals surface area contributed by atoms with Crippen molar-refractivity contribution in [3.8, 4) is 5.88 Å². The smallest absolute Gasteiger partial charge is 0.233 e. The van der Waals surface area contributed by atoms with Gasteiger partial charge < -0.3 is 15.0 Å². The van der Waals surface area contributed by atoms with E-state index >= 15 is 0 Å². The summed E-state index contributed by atoms with van der Waals surface area (Å²) < 4.78 is 5.10. The molecule has 94 valence electrons. The van der Waals surface area contributed by atoms with Crippen LogP contribution in [-0.4, -0.2) is 43.3 Å². The van der Waals surface area contributed by atoms with Crippen LogP contribution in [0.1, 0.15) is 19.3 Å². The van der Waals surface area contributed by atoms with Gasteiger partial charge in [0.25, 0.3) is 0 Å². The zero-order valence-corrected chi connectivity index (χ0v) is 10.5. The first kappa shape index (κ1) is 12.1. The van der Waals surface area contributed by atoms with Gasteiger partial charge >= 0.3 is 0 Å². The van der Waals surface area contributed by atoms with Crippen molar-refractivity contribution in [2.75, 3.05) is 32.1 Å². The predicted molar refractivity (Wildman–Crippen MR) is 67.5 cm³/mol. The van der Waals surface area contributed by atoms with E-state index in [1.165, 1.54) is 12.8 Å². The minimum atomic E-state index is 0.534. The van der Waals surface area contributed by atoms with Crippen LogP contribution in [0, 0.1) is 0 Å². The van der Waals surface area contributed by atoms with Gasteiger partial charge in [0.2, 0.25) is 5.88 Å². The summed E-state index contributed by atoms with van der Waals surface area (Å²) in [5.41, 5.74) is 0. The van der Waals surface area contributed by atoms with Crippen LogP contribution in [0.15, 0.2) is 12.4 Å². The van der Waals surface area contributed by atoms with Crippen LogP contribution >= 0.6 is 0 Å². The Balaban J connectivity index is 2.08. The van der Waals surface area contributed by atoms with Gasteiger partial charge in [-0.05, 0) is 32.4 Å². The molecule has 0 aromatic carbocycles. The molecule has 17 heavy (non-hydrogen) atoms. The van der Waals surface area contributed by atoms with Crippen LogP contribution in [0.5, 0.6) is 5.88 Å². The number of hydrogen-bond donors (Lipinski definition) is 1. The van der Waals surface area contributed by atoms with E-state index in [0.717, 1.165) is 25.3 Å². The van der Waals surface area contributed by atoms with Crippen molar-refractivity contribution in [1.29, 1.82) is 0 Å². The molecule has 1 aliphatic rings. The molecule has 2 heterocycles. The second kappa shape index (κ2) is 5.82. The maximum absolute atomic E-state index is 5.10. The first-order valence-electron chi connectivity index (χ1n) is 6.11. The van der Waals surface area contributed by atoms with Crippen molar-refractivity contribution in [3.63, 3.8) is 0 Å². The standard InChI is InChI=1S/C12H20N4O/c1-16(10-4-3-6-13-7-5-10)11-8-14-9-12(15-11)17-2/h8-10,13H,3-7H2,1-2H3. The normalized spacial score (nSPS) is 20.7. The molecule has 1 atom stereocenters. The third-order valence-electron chi connectivity index (χ3n) is 3.26. The number of ether oxygens (including phenoxy) is 1. The van der Waals surface area contributed by atoms with E-state index in [2.05, 4.69) is 27.2 Å². The molecular weight excluding hydrogens is 216 g/mol. The molecular formula is C12H20N4O. The number of aromatic nitrogens is 2. The number of nitrogens with zero attached hydrogens (tertiary/aromatic N) is 3. The van der Waals surface area contributed by atoms with Crippen molar-refractivity contribution >= 4 is 5.82 Å². The molecule has 0 amide bonds. The maximum atomic E-state index is 5.10. The molecule has 0 radical (unpaired) electrons. The molecule has 1 aromatic heterocycles. The van der Waals surface area contributed by atoms with Crippen molar-refractivity contribution in [1.82, 2.24) is 15.3 Å². The highest BCUT2D eigenvalue weighted by Crippen LogP contribution is 2.19. The lowest BCUT2D eigenvalue weighted by Gasteiger charge is -2.27. The molecule has 1 saturated heterocycles. The van der Waals surface area contributed by atoms with E-state index in [4.69, 9.17) is 4.74 Å². The summed E-state index contributed by atoms with van der Waals surface area (Å²) in [6.07, 6.45) is 6.98. The quantitative estimate of drug-likeness (QED) is 0.850. The molecule has 1 N–H and O–H groups in total. The van der Waals surface area contributed by atoms with Crippen LogP contribution < -0.4 is 15.0 Å². The Hall–Kier alpha value is -1.36. The number of rotatable bonds is 3. The van der Waals surface area contributed by atoms with Crippen LogP contribution in [0.3, 0.4) is 0 Å². The fraction of sp³-hybridized carbons (Fsp3) is 0.667. The van der Waals surface area contributed by atoms with Gasteiger partial charge in [-0.2, -0.15) is 4.98 Å². The van der Waals surface area contributed by atoms with Gasteiger partial charge in [0.1, 0.15) is 0 Å². The molecule has 0 spiro atoms. The minimum Gasteiger partial charge on any atom is -0.480 e. The Morgan fingerprint density at radius 2 is 2.24 bits per heavy atom. The molecule has 1 aromatic rings. The zero-order chi connectivity index (χ0) is 12.1. The summed E-state index contributed by atoms with van der Waals surface area (Å²) >= 11 is 0. The lowest BCUT2D eigenvalue weighted by atomic mass is 10.1. The van der Waals surface area contributed by atoms with Gasteiger partial charge in [-0.3, -0.25) is 4.98 Å². The van der Waals surface area contributed by atoms with Crippen molar-refractivity contribution in [2.24, 2.45) is 0 Å². The third kappa shape index (κ3) is 3.06. The van der Waals surface area contributed by atoms with E-state index in [-0.39, 0.29) is 0 Å². The highest BCUT2D eigenvalue weighted by Gasteiger charge is 2.18. The highest BCUT2D eigenvalue weighted by atomic mass is 16.5. The molecule has 2 rings (SSSR count). The Morgan fingerprint density at radius 3 is 3.06 bits per heavy atom. The Morgan fingerprint density at radius 1 is 1.35 bits per heavy atom. The number of hydrogen-bond acceptors (Lipinski definition) is 5. The second-order valence-corrected chi connectivity index (χ2v) is 4.37. The van der Waals surface area contributed by atoms with Gasteiger partial charge in [0.05, 0.1) is 19.5 Å². The Bertz CT molecular complexity index is 350. The van der Waals surface area contributed by atoms with Gasteiger partial charge in [0, 0.05) is 13.1 Å². The van der Waals surface area contributed by atoms with E-state index in [9.17, 15) is 0 Å². The summed E-state index contributed by atoms with van der Waals surface area (Å²) in [6.45, 7) is 2.19. The summed E-state index contributed by atoms with van der Waals surface area (Å²) in [7, 11) is 3.70. The number of nitrogens with one attached hydrogen (secondary N) is 1. The highest BCUT2D eigenvalue weighted by molar-refractivity contribution is 5.37. The fourth-order valence-electron chi connectivity index (χ4n) is 2.18. The number of anilines is 1. The molecule has 1 fully saturated rings. The second-order valence-electron chi connectivity index (χ2n) is 4.37. The Labute approximate surface area is 102 Å². The number of methoxy groups -OCH3 is 1. The first-order chi connectivity index (χ1) is 8.31. The molecule has 5 heteroatoms. The average molecular weight is 236 g/mol. The van der Waals surface area contributed by atoms with Gasteiger partial charge in [-0.15, -0.1) is 0 Å². The lowest BCUT2D eigenvalue weighted by molar-refractivity contribution is 0.395. The monoisotopic (exact) mass is 236 g/mol. The summed E-state index contributed by atoms with van der Waals surface area (Å²) in [5, 5.41) is 3.42. The summed E-state index contributed by atoms with van der Waals surface area (Å²) in [4.78, 5) is 10.8. The van der Waals surface area contributed by atoms with Crippen molar-refractivity contribution in [2.45, 2.75) is 25.3 Å². The zero-order valence-electron chi connectivity index (χ0n) is 10.5. The third-order valence-corrected chi connectivity index (χ3v) is 3.26. The van der Waals surface area contributed by atoms with Gasteiger partial charge in [-0.1, -0.05) is 0 Å². The van der Waals surface area contributed by atoms with Crippen LogP contribution in [0.4, 0.5) is 5.82 Å². The Kier molecular flexibility index (Phi) is 4.14. The van der Waals surface area contributed by atoms with E-state index in [1.807, 2.05) is 0 Å². The molecule has 5 nitrogen and oxygen atoms in total. The minimum absolute atomic E-state index is 0.534. The largest absolute Gasteiger partial charge is 0.480 e. The molecule has 1 aliphatic heterocycles. The van der Waals surface area contributed by atoms with Crippen molar-refractivity contribution in [3.05, 3.63) is 12.4 Å². The first-order valence-corrected chi connectivity index (χ1v) is 6.11. The van der Waals surface area contributed by atoms with E-state index in [0.29, 0.717) is 11.9 Å². The molecule has 1 unspecified atom stereocenters. The molecule has 0 bridgehead atoms. The van der Waals surface area contributed by atoms with Gasteiger partial charge in [0.15, 0.2) is 5.82 Å². The lowest BCUT2D eigenvalue weighted by Crippen LogP contribution is -2.33. The average Bonchev–Trinajstić information content (AvgIpc) is 2.67. The van der Waals surface area contributed by atoms with Crippen LogP contribution in [0.25, 0.3) is 0 Å². The van der Waals surface area contributed by atoms with E-state index in [1.54, 1.807) is 19.5 Å². The predicted octanol–water partition coefficient (Wildman–Crippen LogP) is 1.06. The van der Waals surface area contributed by atoms with Gasteiger partial charge in [-0.25, -0.2) is 0 Å². The molecule has 0 aliphatic carbocycles.